The summed E-state index contributed by atoms with van der Waals surface area (Å²) in [5.41, 5.74) is 0. The molecule has 0 aliphatic carbocycles. The van der Waals surface area contributed by atoms with Crippen LogP contribution >= 0.6 is 7.82 Å². The first-order valence-corrected chi connectivity index (χ1v) is 34.7. The van der Waals surface area contributed by atoms with Crippen molar-refractivity contribution in [1.82, 2.24) is 0 Å². The van der Waals surface area contributed by atoms with Gasteiger partial charge in [-0.05, 0) is 89.9 Å². The van der Waals surface area contributed by atoms with Crippen molar-refractivity contribution in [3.63, 3.8) is 0 Å². The molecule has 0 aromatic rings. The van der Waals surface area contributed by atoms with Crippen LogP contribution < -0.4 is 0 Å². The maximum absolute atomic E-state index is 13.0. The Kier molecular flexibility index (Phi) is 60.0. The van der Waals surface area contributed by atoms with Gasteiger partial charge in [-0.2, -0.15) is 0 Å². The predicted molar refractivity (Wildman–Crippen MR) is 335 cm³/mol. The number of aliphatic hydroxyl groups excluding tert-OH is 1. The number of rotatable bonds is 62. The molecule has 0 aliphatic heterocycles. The minimum absolute atomic E-state index is 0.150. The lowest BCUT2D eigenvalue weighted by atomic mass is 10.0. The molecule has 2 N–H and O–H groups in total. The van der Waals surface area contributed by atoms with Crippen molar-refractivity contribution in [1.29, 1.82) is 0 Å². The standard InChI is InChI=1S/C68H123O11P/c1-4-7-10-13-16-19-22-25-28-30-32-34-37-40-43-46-49-52-55-58-67(71)78-64(60-69)62-76-80(73,74)77-63-65(61-75-66(70)57-54-51-48-45-42-39-36-27-24-21-18-15-12-9-6-3)79-68(72)59-56-53-50-47-44-41-38-35-33-31-29-26-23-20-17-14-11-8-5-2/h17-18,20-21,26-27,29,33,35-36,64-65,69H,4-16,19,22-25,28,30-32,34,37-63H2,1-3H3,(H,73,74)/b20-17-,21-18-,29-26-,35-33-,36-27-. The Hall–Kier alpha value is -2.82. The molecule has 0 fully saturated rings. The van der Waals surface area contributed by atoms with Crippen molar-refractivity contribution in [2.24, 2.45) is 0 Å². The molecule has 0 aromatic heterocycles. The summed E-state index contributed by atoms with van der Waals surface area (Å²) in [4.78, 5) is 48.8. The molecule has 0 bridgehead atoms. The Labute approximate surface area is 491 Å². The minimum Gasteiger partial charge on any atom is -0.462 e. The second kappa shape index (κ2) is 62.2. The van der Waals surface area contributed by atoms with E-state index in [0.717, 1.165) is 116 Å². The summed E-state index contributed by atoms with van der Waals surface area (Å²) in [6.07, 6.45) is 70.2. The molecule has 0 saturated heterocycles. The van der Waals surface area contributed by atoms with Crippen molar-refractivity contribution >= 4 is 25.7 Å². The fourth-order valence-electron chi connectivity index (χ4n) is 9.34. The molecule has 0 radical (unpaired) electrons. The molecule has 466 valence electrons. The second-order valence-corrected chi connectivity index (χ2v) is 23.7. The number of allylic oxidation sites excluding steroid dienone is 10. The smallest absolute Gasteiger partial charge is 0.462 e. The molecule has 0 spiro atoms. The maximum Gasteiger partial charge on any atom is 0.472 e. The van der Waals surface area contributed by atoms with Gasteiger partial charge < -0.3 is 24.2 Å². The van der Waals surface area contributed by atoms with Gasteiger partial charge in [0.15, 0.2) is 6.10 Å². The van der Waals surface area contributed by atoms with Crippen molar-refractivity contribution in [2.75, 3.05) is 26.4 Å². The van der Waals surface area contributed by atoms with Gasteiger partial charge in [0.25, 0.3) is 0 Å². The van der Waals surface area contributed by atoms with Crippen molar-refractivity contribution in [2.45, 2.75) is 328 Å². The molecule has 0 amide bonds. The summed E-state index contributed by atoms with van der Waals surface area (Å²) in [5.74, 6) is -1.48. The van der Waals surface area contributed by atoms with Crippen LogP contribution in [0.2, 0.25) is 0 Å². The Morgan fingerprint density at radius 2 is 0.613 bits per heavy atom. The van der Waals surface area contributed by atoms with E-state index in [1.54, 1.807) is 0 Å². The average Bonchev–Trinajstić information content (AvgIpc) is 3.45. The quantitative estimate of drug-likeness (QED) is 0.0197. The molecule has 12 heteroatoms. The van der Waals surface area contributed by atoms with Gasteiger partial charge in [-0.25, -0.2) is 4.57 Å². The van der Waals surface area contributed by atoms with E-state index in [0.29, 0.717) is 19.3 Å². The van der Waals surface area contributed by atoms with E-state index >= 15 is 0 Å². The third-order valence-electron chi connectivity index (χ3n) is 14.4. The summed E-state index contributed by atoms with van der Waals surface area (Å²) in [6.45, 7) is 4.62. The summed E-state index contributed by atoms with van der Waals surface area (Å²) in [6, 6.07) is 0. The van der Waals surface area contributed by atoms with Crippen LogP contribution in [0.4, 0.5) is 0 Å². The number of hydrogen-bond acceptors (Lipinski definition) is 10. The SMILES string of the molecule is CCCCC/C=C\C/C=C\C/C=C\CCCCCCCCC(=O)OC(COC(=O)CCCCCCC/C=C\C/C=C\CCCCC)COP(=O)(O)OCC(CO)OC(=O)CCCCCCCCCCCCCCCCCCCCC. The van der Waals surface area contributed by atoms with Crippen molar-refractivity contribution < 1.29 is 52.2 Å². The zero-order valence-electron chi connectivity index (χ0n) is 51.8. The molecule has 0 aromatic carbocycles. The van der Waals surface area contributed by atoms with E-state index in [9.17, 15) is 28.9 Å². The van der Waals surface area contributed by atoms with Gasteiger partial charge in [0.2, 0.25) is 0 Å². The zero-order valence-corrected chi connectivity index (χ0v) is 52.7. The lowest BCUT2D eigenvalue weighted by Gasteiger charge is -2.21. The van der Waals surface area contributed by atoms with Gasteiger partial charge in [-0.3, -0.25) is 23.4 Å². The average molecular weight is 1150 g/mol. The molecular formula is C68H123O11P. The largest absolute Gasteiger partial charge is 0.472 e. The van der Waals surface area contributed by atoms with Gasteiger partial charge in [-0.1, -0.05) is 268 Å². The molecule has 11 nitrogen and oxygen atoms in total. The minimum atomic E-state index is -4.76. The fourth-order valence-corrected chi connectivity index (χ4v) is 10.1. The Morgan fingerprint density at radius 1 is 0.350 bits per heavy atom. The van der Waals surface area contributed by atoms with E-state index in [-0.39, 0.29) is 25.9 Å². The van der Waals surface area contributed by atoms with Gasteiger partial charge in [-0.15, -0.1) is 0 Å². The maximum atomic E-state index is 13.0. The lowest BCUT2D eigenvalue weighted by molar-refractivity contribution is -0.161. The molecule has 0 rings (SSSR count). The Morgan fingerprint density at radius 3 is 0.963 bits per heavy atom. The van der Waals surface area contributed by atoms with Crippen LogP contribution in [-0.2, 0) is 42.2 Å². The highest BCUT2D eigenvalue weighted by atomic mass is 31.2. The van der Waals surface area contributed by atoms with E-state index < -0.39 is 57.8 Å². The van der Waals surface area contributed by atoms with Crippen LogP contribution in [0.5, 0.6) is 0 Å². The first-order chi connectivity index (χ1) is 39.2. The van der Waals surface area contributed by atoms with E-state index in [1.165, 1.54) is 141 Å². The first-order valence-electron chi connectivity index (χ1n) is 33.2. The first kappa shape index (κ1) is 77.2. The van der Waals surface area contributed by atoms with Crippen LogP contribution in [0.25, 0.3) is 0 Å². The summed E-state index contributed by atoms with van der Waals surface area (Å²) in [5, 5.41) is 9.87. The van der Waals surface area contributed by atoms with Crippen molar-refractivity contribution in [3.8, 4) is 0 Å². The molecule has 3 unspecified atom stereocenters. The number of carbonyl (C=O) groups excluding carboxylic acids is 3. The molecule has 80 heavy (non-hydrogen) atoms. The molecule has 0 aliphatic rings. The number of esters is 3. The molecular weight excluding hydrogens is 1020 g/mol. The summed E-state index contributed by atoms with van der Waals surface area (Å²) < 4.78 is 39.7. The van der Waals surface area contributed by atoms with Crippen molar-refractivity contribution in [3.05, 3.63) is 60.8 Å². The van der Waals surface area contributed by atoms with Gasteiger partial charge in [0.05, 0.1) is 19.8 Å². The molecule has 0 saturated carbocycles. The summed E-state index contributed by atoms with van der Waals surface area (Å²) in [7, 11) is -4.76. The van der Waals surface area contributed by atoms with Crippen LogP contribution in [0, 0.1) is 0 Å². The fraction of sp³-hybridized carbons (Fsp3) is 0.809. The molecule has 3 atom stereocenters. The van der Waals surface area contributed by atoms with Gasteiger partial charge in [0, 0.05) is 19.3 Å². The number of ether oxygens (including phenoxy) is 3. The number of phosphoric acid groups is 1. The highest BCUT2D eigenvalue weighted by molar-refractivity contribution is 7.47. The third-order valence-corrected chi connectivity index (χ3v) is 15.4. The number of carbonyl (C=O) groups is 3. The zero-order chi connectivity index (χ0) is 58.3. The highest BCUT2D eigenvalue weighted by Crippen LogP contribution is 2.43. The second-order valence-electron chi connectivity index (χ2n) is 22.3. The number of hydrogen-bond donors (Lipinski definition) is 2. The van der Waals surface area contributed by atoms with E-state index in [2.05, 4.69) is 81.5 Å². The normalized spacial score (nSPS) is 13.6. The van der Waals surface area contributed by atoms with Crippen LogP contribution in [0.1, 0.15) is 316 Å². The van der Waals surface area contributed by atoms with Gasteiger partial charge in [0.1, 0.15) is 12.7 Å². The molecule has 0 heterocycles. The summed E-state index contributed by atoms with van der Waals surface area (Å²) >= 11 is 0. The van der Waals surface area contributed by atoms with E-state index in [4.69, 9.17) is 23.3 Å². The Bertz CT molecular complexity index is 1570. The van der Waals surface area contributed by atoms with Crippen LogP contribution in [0.3, 0.4) is 0 Å². The van der Waals surface area contributed by atoms with E-state index in [1.807, 2.05) is 0 Å². The van der Waals surface area contributed by atoms with Crippen LogP contribution in [-0.4, -0.2) is 66.5 Å². The Balaban J connectivity index is 4.67. The number of unbranched alkanes of at least 4 members (excludes halogenated alkanes) is 35. The predicted octanol–water partition coefficient (Wildman–Crippen LogP) is 20.3. The third kappa shape index (κ3) is 59.8. The van der Waals surface area contributed by atoms with Gasteiger partial charge >= 0.3 is 25.7 Å². The lowest BCUT2D eigenvalue weighted by Crippen LogP contribution is -2.30. The highest BCUT2D eigenvalue weighted by Gasteiger charge is 2.28. The number of phosphoric ester groups is 1. The monoisotopic (exact) mass is 1150 g/mol. The topological polar surface area (TPSA) is 155 Å². The number of aliphatic hydroxyl groups is 1. The van der Waals surface area contributed by atoms with Crippen LogP contribution in [0.15, 0.2) is 60.8 Å².